The first-order valence-corrected chi connectivity index (χ1v) is 8.40. The van der Waals surface area contributed by atoms with Crippen LogP contribution in [0.1, 0.15) is 17.0 Å². The van der Waals surface area contributed by atoms with E-state index in [-0.39, 0.29) is 16.9 Å². The number of allylic oxidation sites excluding steroid dienone is 1. The minimum Gasteiger partial charge on any atom is -0.464 e. The van der Waals surface area contributed by atoms with Gasteiger partial charge >= 0.3 is 0 Å². The third kappa shape index (κ3) is 2.61. The van der Waals surface area contributed by atoms with Gasteiger partial charge in [-0.1, -0.05) is 18.2 Å². The number of hydrogen-bond donors (Lipinski definition) is 1. The van der Waals surface area contributed by atoms with E-state index in [0.717, 1.165) is 5.69 Å². The van der Waals surface area contributed by atoms with Gasteiger partial charge < -0.3 is 19.8 Å². The first-order chi connectivity index (χ1) is 13.0. The highest BCUT2D eigenvalue weighted by Gasteiger charge is 2.33. The highest BCUT2D eigenvalue weighted by molar-refractivity contribution is 5.77. The van der Waals surface area contributed by atoms with Crippen LogP contribution in [0.4, 0.5) is 5.69 Å². The Bertz CT molecular complexity index is 1190. The standard InChI is InChI=1S/C21H17N3O3/c1-24(2)12-7-8-13-18(9-12)27-21(23)15(10-22)19(13)16-11-26-17-6-4-3-5-14(17)20(16)25/h3-9,11,19H,23H2,1-2H3. The van der Waals surface area contributed by atoms with Crippen molar-refractivity contribution in [1.82, 2.24) is 0 Å². The zero-order valence-corrected chi connectivity index (χ0v) is 14.9. The lowest BCUT2D eigenvalue weighted by atomic mass is 9.83. The lowest BCUT2D eigenvalue weighted by Crippen LogP contribution is -2.25. The van der Waals surface area contributed by atoms with E-state index in [1.165, 1.54) is 6.26 Å². The molecular formula is C21H17N3O3. The van der Waals surface area contributed by atoms with Crippen LogP contribution >= 0.6 is 0 Å². The highest BCUT2D eigenvalue weighted by atomic mass is 16.5. The molecule has 6 heteroatoms. The summed E-state index contributed by atoms with van der Waals surface area (Å²) in [4.78, 5) is 15.0. The monoisotopic (exact) mass is 359 g/mol. The number of para-hydroxylation sites is 1. The van der Waals surface area contributed by atoms with Crippen molar-refractivity contribution in [2.45, 2.75) is 5.92 Å². The fourth-order valence-electron chi connectivity index (χ4n) is 3.33. The van der Waals surface area contributed by atoms with Crippen LogP contribution in [-0.4, -0.2) is 14.1 Å². The normalized spacial score (nSPS) is 15.8. The summed E-state index contributed by atoms with van der Waals surface area (Å²) in [5.41, 5.74) is 8.50. The van der Waals surface area contributed by atoms with Gasteiger partial charge in [0.2, 0.25) is 5.88 Å². The van der Waals surface area contributed by atoms with E-state index in [1.54, 1.807) is 24.3 Å². The van der Waals surface area contributed by atoms with Gasteiger partial charge in [0, 0.05) is 37.0 Å². The number of nitriles is 1. The molecule has 4 rings (SSSR count). The van der Waals surface area contributed by atoms with E-state index in [1.807, 2.05) is 37.2 Å². The average molecular weight is 359 g/mol. The Morgan fingerprint density at radius 2 is 1.93 bits per heavy atom. The molecule has 0 amide bonds. The summed E-state index contributed by atoms with van der Waals surface area (Å²) in [6, 6.07) is 14.7. The SMILES string of the molecule is CN(C)c1ccc2c(c1)OC(N)=C(C#N)C2c1coc2ccccc2c1=O. The van der Waals surface area contributed by atoms with Crippen LogP contribution < -0.4 is 20.8 Å². The quantitative estimate of drug-likeness (QED) is 0.756. The summed E-state index contributed by atoms with van der Waals surface area (Å²) < 4.78 is 11.3. The number of nitrogens with zero attached hydrogens (tertiary/aromatic N) is 2. The van der Waals surface area contributed by atoms with Crippen molar-refractivity contribution >= 4 is 16.7 Å². The molecule has 2 aromatic carbocycles. The van der Waals surface area contributed by atoms with Gasteiger partial charge in [0.15, 0.2) is 5.43 Å². The van der Waals surface area contributed by atoms with Crippen LogP contribution in [0.25, 0.3) is 11.0 Å². The Labute approximate surface area is 155 Å². The predicted molar refractivity (Wildman–Crippen MR) is 103 cm³/mol. The van der Waals surface area contributed by atoms with E-state index in [9.17, 15) is 10.1 Å². The molecule has 1 aromatic heterocycles. The summed E-state index contributed by atoms with van der Waals surface area (Å²) in [5, 5.41) is 10.1. The lowest BCUT2D eigenvalue weighted by molar-refractivity contribution is 0.393. The smallest absolute Gasteiger partial charge is 0.205 e. The van der Waals surface area contributed by atoms with Crippen molar-refractivity contribution in [2.75, 3.05) is 19.0 Å². The summed E-state index contributed by atoms with van der Waals surface area (Å²) in [6.07, 6.45) is 1.41. The number of rotatable bonds is 2. The fraction of sp³-hybridized carbons (Fsp3) is 0.143. The number of hydrogen-bond acceptors (Lipinski definition) is 6. The fourth-order valence-corrected chi connectivity index (χ4v) is 3.33. The van der Waals surface area contributed by atoms with Gasteiger partial charge in [-0.25, -0.2) is 0 Å². The Kier molecular flexibility index (Phi) is 3.85. The van der Waals surface area contributed by atoms with Crippen LogP contribution in [0.5, 0.6) is 5.75 Å². The van der Waals surface area contributed by atoms with Crippen molar-refractivity contribution < 1.29 is 9.15 Å². The van der Waals surface area contributed by atoms with E-state index >= 15 is 0 Å². The molecule has 0 radical (unpaired) electrons. The van der Waals surface area contributed by atoms with Crippen molar-refractivity contribution in [1.29, 1.82) is 5.26 Å². The maximum atomic E-state index is 13.1. The summed E-state index contributed by atoms with van der Waals surface area (Å²) in [6.45, 7) is 0. The molecule has 27 heavy (non-hydrogen) atoms. The molecule has 3 aromatic rings. The molecule has 6 nitrogen and oxygen atoms in total. The number of nitrogens with two attached hydrogens (primary N) is 1. The maximum absolute atomic E-state index is 13.1. The van der Waals surface area contributed by atoms with Crippen molar-refractivity contribution in [3.8, 4) is 11.8 Å². The van der Waals surface area contributed by atoms with Gasteiger partial charge in [0.25, 0.3) is 0 Å². The van der Waals surface area contributed by atoms with Gasteiger partial charge in [-0.2, -0.15) is 5.26 Å². The second-order valence-electron chi connectivity index (χ2n) is 6.56. The molecule has 2 heterocycles. The van der Waals surface area contributed by atoms with Crippen LogP contribution in [0.3, 0.4) is 0 Å². The molecular weight excluding hydrogens is 342 g/mol. The zero-order chi connectivity index (χ0) is 19.1. The summed E-state index contributed by atoms with van der Waals surface area (Å²) in [5.74, 6) is -0.121. The van der Waals surface area contributed by atoms with Gasteiger partial charge in [0.05, 0.1) is 17.6 Å². The van der Waals surface area contributed by atoms with E-state index < -0.39 is 5.92 Å². The molecule has 1 atom stereocenters. The number of fused-ring (bicyclic) bond motifs is 2. The van der Waals surface area contributed by atoms with Crippen LogP contribution in [0, 0.1) is 11.3 Å². The second-order valence-corrected chi connectivity index (χ2v) is 6.56. The molecule has 1 aliphatic heterocycles. The van der Waals surface area contributed by atoms with E-state index in [4.69, 9.17) is 14.9 Å². The van der Waals surface area contributed by atoms with E-state index in [0.29, 0.717) is 27.8 Å². The lowest BCUT2D eigenvalue weighted by Gasteiger charge is -2.27. The Morgan fingerprint density at radius 1 is 1.15 bits per heavy atom. The number of anilines is 1. The van der Waals surface area contributed by atoms with Gasteiger partial charge in [-0.3, -0.25) is 4.79 Å². The maximum Gasteiger partial charge on any atom is 0.205 e. The van der Waals surface area contributed by atoms with Crippen LogP contribution in [-0.2, 0) is 0 Å². The minimum atomic E-state index is -0.643. The third-order valence-corrected chi connectivity index (χ3v) is 4.74. The predicted octanol–water partition coefficient (Wildman–Crippen LogP) is 3.08. The molecule has 2 N–H and O–H groups in total. The van der Waals surface area contributed by atoms with Gasteiger partial charge in [-0.05, 0) is 18.2 Å². The first-order valence-electron chi connectivity index (χ1n) is 8.40. The second kappa shape index (κ2) is 6.22. The molecule has 134 valence electrons. The molecule has 0 fully saturated rings. The highest BCUT2D eigenvalue weighted by Crippen LogP contribution is 2.42. The topological polar surface area (TPSA) is 92.5 Å². The molecule has 0 saturated heterocycles. The molecule has 0 aliphatic carbocycles. The molecule has 0 spiro atoms. The van der Waals surface area contributed by atoms with Crippen molar-refractivity contribution in [2.24, 2.45) is 5.73 Å². The van der Waals surface area contributed by atoms with Gasteiger partial charge in [0.1, 0.15) is 23.0 Å². The van der Waals surface area contributed by atoms with Crippen LogP contribution in [0.15, 0.2) is 69.4 Å². The largest absolute Gasteiger partial charge is 0.464 e. The molecule has 0 bridgehead atoms. The minimum absolute atomic E-state index is 0.00142. The van der Waals surface area contributed by atoms with E-state index in [2.05, 4.69) is 6.07 Å². The molecule has 1 unspecified atom stereocenters. The average Bonchev–Trinajstić information content (AvgIpc) is 2.67. The molecule has 0 saturated carbocycles. The summed E-state index contributed by atoms with van der Waals surface area (Å²) in [7, 11) is 3.83. The first kappa shape index (κ1) is 16.7. The third-order valence-electron chi connectivity index (χ3n) is 4.74. The summed E-state index contributed by atoms with van der Waals surface area (Å²) >= 11 is 0. The zero-order valence-electron chi connectivity index (χ0n) is 14.9. The number of ether oxygens (including phenoxy) is 1. The van der Waals surface area contributed by atoms with Crippen molar-refractivity contribution in [3.05, 3.63) is 81.5 Å². The molecule has 1 aliphatic rings. The Balaban J connectivity index is 1.98. The van der Waals surface area contributed by atoms with Gasteiger partial charge in [-0.15, -0.1) is 0 Å². The van der Waals surface area contributed by atoms with Crippen molar-refractivity contribution in [3.63, 3.8) is 0 Å². The Morgan fingerprint density at radius 3 is 2.67 bits per heavy atom. The van der Waals surface area contributed by atoms with Crippen LogP contribution in [0.2, 0.25) is 0 Å². The number of benzene rings is 2. The Hall–Kier alpha value is -3.72.